The highest BCUT2D eigenvalue weighted by Gasteiger charge is 2.25. The summed E-state index contributed by atoms with van der Waals surface area (Å²) in [5.41, 5.74) is 0.649. The maximum absolute atomic E-state index is 11.2. The Hall–Kier alpha value is -2.21. The molecule has 2 heterocycles. The normalized spacial score (nSPS) is 18.6. The van der Waals surface area contributed by atoms with Crippen molar-refractivity contribution in [2.45, 2.75) is 12.5 Å². The summed E-state index contributed by atoms with van der Waals surface area (Å²) >= 11 is 0. The van der Waals surface area contributed by atoms with Crippen LogP contribution in [0.15, 0.2) is 24.3 Å². The van der Waals surface area contributed by atoms with E-state index in [2.05, 4.69) is 14.9 Å². The topological polar surface area (TPSA) is 75.5 Å². The van der Waals surface area contributed by atoms with Crippen LogP contribution in [0.2, 0.25) is 0 Å². The van der Waals surface area contributed by atoms with Gasteiger partial charge in [-0.05, 0) is 18.6 Å². The Kier molecular flexibility index (Phi) is 3.23. The van der Waals surface area contributed by atoms with Gasteiger partial charge in [0.05, 0.1) is 11.6 Å². The molecule has 1 aromatic carbocycles. The lowest BCUT2D eigenvalue weighted by Gasteiger charge is -2.19. The summed E-state index contributed by atoms with van der Waals surface area (Å²) in [5, 5.41) is 10.0. The van der Waals surface area contributed by atoms with Gasteiger partial charge in [-0.15, -0.1) is 0 Å². The number of benzene rings is 1. The summed E-state index contributed by atoms with van der Waals surface area (Å²) < 4.78 is 5.35. The molecule has 6 nitrogen and oxygen atoms in total. The van der Waals surface area contributed by atoms with E-state index in [1.54, 1.807) is 13.2 Å². The molecule has 1 unspecified atom stereocenters. The molecule has 20 heavy (non-hydrogen) atoms. The van der Waals surface area contributed by atoms with Crippen LogP contribution in [0.1, 0.15) is 17.0 Å². The van der Waals surface area contributed by atoms with Gasteiger partial charge < -0.3 is 14.7 Å². The first-order valence-corrected chi connectivity index (χ1v) is 6.47. The molecule has 0 radical (unpaired) electrons. The molecule has 0 bridgehead atoms. The van der Waals surface area contributed by atoms with Gasteiger partial charge in [-0.2, -0.15) is 0 Å². The second-order valence-electron chi connectivity index (χ2n) is 4.79. The summed E-state index contributed by atoms with van der Waals surface area (Å²) in [6.07, 6.45) is 1.08. The van der Waals surface area contributed by atoms with Crippen molar-refractivity contribution in [1.29, 1.82) is 0 Å². The summed E-state index contributed by atoms with van der Waals surface area (Å²) in [5.74, 6) is -0.605. The molecule has 0 spiro atoms. The zero-order valence-corrected chi connectivity index (χ0v) is 11.1. The number of para-hydroxylation sites is 1. The molecule has 1 N–H and O–H groups in total. The summed E-state index contributed by atoms with van der Waals surface area (Å²) in [7, 11) is 1.69. The standard InChI is InChI=1S/C14H15N3O3/c1-20-9-6-7-17(8-9)13-10-4-2-3-5-11(10)15-12(16-13)14(18)19/h2-5,9H,6-8H2,1H3,(H,18,19). The first-order valence-electron chi connectivity index (χ1n) is 6.47. The van der Waals surface area contributed by atoms with E-state index in [9.17, 15) is 4.79 Å². The quantitative estimate of drug-likeness (QED) is 0.914. The first-order chi connectivity index (χ1) is 9.69. The number of nitrogens with zero attached hydrogens (tertiary/aromatic N) is 3. The third-order valence-electron chi connectivity index (χ3n) is 3.55. The molecule has 6 heteroatoms. The Morgan fingerprint density at radius 2 is 2.20 bits per heavy atom. The van der Waals surface area contributed by atoms with Gasteiger partial charge in [0.2, 0.25) is 5.82 Å². The van der Waals surface area contributed by atoms with Gasteiger partial charge >= 0.3 is 5.97 Å². The summed E-state index contributed by atoms with van der Waals surface area (Å²) in [6.45, 7) is 1.52. The minimum absolute atomic E-state index is 0.164. The molecule has 0 amide bonds. The minimum Gasteiger partial charge on any atom is -0.475 e. The molecule has 2 aromatic rings. The van der Waals surface area contributed by atoms with Crippen molar-refractivity contribution < 1.29 is 14.6 Å². The highest BCUT2D eigenvalue weighted by atomic mass is 16.5. The number of methoxy groups -OCH3 is 1. The van der Waals surface area contributed by atoms with Crippen LogP contribution in [-0.2, 0) is 4.74 Å². The van der Waals surface area contributed by atoms with Crippen LogP contribution in [-0.4, -0.2) is 47.3 Å². The van der Waals surface area contributed by atoms with Gasteiger partial charge in [0, 0.05) is 25.6 Å². The van der Waals surface area contributed by atoms with Crippen molar-refractivity contribution in [3.63, 3.8) is 0 Å². The van der Waals surface area contributed by atoms with E-state index in [0.717, 1.165) is 24.9 Å². The molecule has 0 aliphatic carbocycles. The highest BCUT2D eigenvalue weighted by molar-refractivity contribution is 5.93. The van der Waals surface area contributed by atoms with Crippen molar-refractivity contribution in [3.05, 3.63) is 30.1 Å². The van der Waals surface area contributed by atoms with Crippen molar-refractivity contribution in [1.82, 2.24) is 9.97 Å². The lowest BCUT2D eigenvalue weighted by atomic mass is 10.2. The van der Waals surface area contributed by atoms with Crippen molar-refractivity contribution >= 4 is 22.7 Å². The van der Waals surface area contributed by atoms with Crippen LogP contribution in [0.3, 0.4) is 0 Å². The van der Waals surface area contributed by atoms with Crippen molar-refractivity contribution in [2.24, 2.45) is 0 Å². The van der Waals surface area contributed by atoms with E-state index in [4.69, 9.17) is 9.84 Å². The first kappa shape index (κ1) is 12.8. The molecule has 1 aliphatic rings. The molecular weight excluding hydrogens is 258 g/mol. The second-order valence-corrected chi connectivity index (χ2v) is 4.79. The van der Waals surface area contributed by atoms with Gasteiger partial charge in [0.25, 0.3) is 0 Å². The molecule has 1 saturated heterocycles. The Balaban J connectivity index is 2.10. The van der Waals surface area contributed by atoms with Crippen LogP contribution in [0, 0.1) is 0 Å². The SMILES string of the molecule is COC1CCN(c2nc(C(=O)O)nc3ccccc23)C1. The Bertz CT molecular complexity index is 659. The van der Waals surface area contributed by atoms with E-state index in [1.807, 2.05) is 18.2 Å². The number of anilines is 1. The highest BCUT2D eigenvalue weighted by Crippen LogP contribution is 2.27. The number of carboxylic acid groups (broad SMARTS) is 1. The number of ether oxygens (including phenoxy) is 1. The fourth-order valence-corrected chi connectivity index (χ4v) is 2.51. The van der Waals surface area contributed by atoms with Crippen LogP contribution < -0.4 is 4.90 Å². The maximum atomic E-state index is 11.2. The van der Waals surface area contributed by atoms with Gasteiger partial charge in [0.1, 0.15) is 5.82 Å². The molecule has 104 valence electrons. The molecule has 3 rings (SSSR count). The average molecular weight is 273 g/mol. The number of carboxylic acids is 1. The molecule has 1 fully saturated rings. The monoisotopic (exact) mass is 273 g/mol. The van der Waals surface area contributed by atoms with Gasteiger partial charge in [-0.25, -0.2) is 14.8 Å². The maximum Gasteiger partial charge on any atom is 0.374 e. The Morgan fingerprint density at radius 3 is 2.90 bits per heavy atom. The fraction of sp³-hybridized carbons (Fsp3) is 0.357. The number of aromatic nitrogens is 2. The Labute approximate surface area is 116 Å². The average Bonchev–Trinajstić information content (AvgIpc) is 2.94. The zero-order chi connectivity index (χ0) is 14.1. The lowest BCUT2D eigenvalue weighted by Crippen LogP contribution is -2.24. The van der Waals surface area contributed by atoms with Crippen molar-refractivity contribution in [2.75, 3.05) is 25.1 Å². The van der Waals surface area contributed by atoms with E-state index < -0.39 is 5.97 Å². The number of aromatic carboxylic acids is 1. The van der Waals surface area contributed by atoms with Crippen LogP contribution in [0.4, 0.5) is 5.82 Å². The molecule has 1 aromatic heterocycles. The van der Waals surface area contributed by atoms with Crippen LogP contribution >= 0.6 is 0 Å². The predicted octanol–water partition coefficient (Wildman–Crippen LogP) is 1.55. The van der Waals surface area contributed by atoms with Crippen LogP contribution in [0.5, 0.6) is 0 Å². The third kappa shape index (κ3) is 2.18. The van der Waals surface area contributed by atoms with Gasteiger partial charge in [-0.3, -0.25) is 0 Å². The van der Waals surface area contributed by atoms with E-state index >= 15 is 0 Å². The van der Waals surface area contributed by atoms with Gasteiger partial charge in [0.15, 0.2) is 0 Å². The molecule has 0 saturated carbocycles. The van der Waals surface area contributed by atoms with Gasteiger partial charge in [-0.1, -0.05) is 12.1 Å². The largest absolute Gasteiger partial charge is 0.475 e. The zero-order valence-electron chi connectivity index (χ0n) is 11.1. The fourth-order valence-electron chi connectivity index (χ4n) is 2.51. The minimum atomic E-state index is -1.11. The summed E-state index contributed by atoms with van der Waals surface area (Å²) in [6, 6.07) is 7.46. The number of rotatable bonds is 3. The van der Waals surface area contributed by atoms with Crippen molar-refractivity contribution in [3.8, 4) is 0 Å². The molecular formula is C14H15N3O3. The number of hydrogen-bond acceptors (Lipinski definition) is 5. The van der Waals surface area contributed by atoms with Crippen LogP contribution in [0.25, 0.3) is 10.9 Å². The number of carbonyl (C=O) groups is 1. The smallest absolute Gasteiger partial charge is 0.374 e. The number of hydrogen-bond donors (Lipinski definition) is 1. The predicted molar refractivity (Wildman–Crippen MR) is 74.1 cm³/mol. The second kappa shape index (κ2) is 5.05. The van der Waals surface area contributed by atoms with E-state index in [0.29, 0.717) is 11.3 Å². The summed E-state index contributed by atoms with van der Waals surface area (Å²) in [4.78, 5) is 21.5. The van der Waals surface area contributed by atoms with E-state index in [1.165, 1.54) is 0 Å². The molecule has 1 atom stereocenters. The third-order valence-corrected chi connectivity index (χ3v) is 3.55. The molecule has 1 aliphatic heterocycles. The van der Waals surface area contributed by atoms with E-state index in [-0.39, 0.29) is 11.9 Å². The number of fused-ring (bicyclic) bond motifs is 1. The Morgan fingerprint density at radius 1 is 1.40 bits per heavy atom. The lowest BCUT2D eigenvalue weighted by molar-refractivity contribution is 0.0684.